The number of nitrogens with two attached hydrogens (primary N) is 1. The standard InChI is InChI=1S/C10H7BrN2O3/c11-6-1-5(7-3-9(12)13-16-7)2-8-10(6)15-4-14-8/h1-3H,4H2,(H2,12,13). The molecule has 0 saturated carbocycles. The highest BCUT2D eigenvalue weighted by atomic mass is 79.9. The van der Waals surface area contributed by atoms with Crippen LogP contribution in [0.1, 0.15) is 0 Å². The van der Waals surface area contributed by atoms with Crippen molar-refractivity contribution >= 4 is 21.7 Å². The van der Waals surface area contributed by atoms with E-state index in [2.05, 4.69) is 21.1 Å². The molecule has 0 amide bonds. The van der Waals surface area contributed by atoms with E-state index in [9.17, 15) is 0 Å². The van der Waals surface area contributed by atoms with Gasteiger partial charge in [-0.2, -0.15) is 0 Å². The Kier molecular flexibility index (Phi) is 2.03. The van der Waals surface area contributed by atoms with Crippen molar-refractivity contribution in [3.05, 3.63) is 22.7 Å². The molecule has 1 aromatic heterocycles. The molecule has 1 aromatic carbocycles. The Balaban J connectivity index is 2.12. The smallest absolute Gasteiger partial charge is 0.231 e. The second kappa shape index (κ2) is 3.41. The number of anilines is 1. The molecule has 2 aromatic rings. The molecule has 0 atom stereocenters. The summed E-state index contributed by atoms with van der Waals surface area (Å²) >= 11 is 3.40. The third kappa shape index (κ3) is 1.42. The quantitative estimate of drug-likeness (QED) is 0.870. The van der Waals surface area contributed by atoms with Gasteiger partial charge < -0.3 is 19.7 Å². The van der Waals surface area contributed by atoms with Crippen molar-refractivity contribution < 1.29 is 14.0 Å². The summed E-state index contributed by atoms with van der Waals surface area (Å²) in [5.41, 5.74) is 6.33. The summed E-state index contributed by atoms with van der Waals surface area (Å²) in [7, 11) is 0. The normalized spacial score (nSPS) is 13.1. The van der Waals surface area contributed by atoms with Crippen LogP contribution in [0, 0.1) is 0 Å². The van der Waals surface area contributed by atoms with Crippen molar-refractivity contribution in [1.82, 2.24) is 5.16 Å². The molecule has 0 fully saturated rings. The number of fused-ring (bicyclic) bond motifs is 1. The second-order valence-corrected chi connectivity index (χ2v) is 4.16. The predicted octanol–water partition coefficient (Wildman–Crippen LogP) is 2.42. The molecule has 3 rings (SSSR count). The van der Waals surface area contributed by atoms with Gasteiger partial charge in [0.05, 0.1) is 4.47 Å². The van der Waals surface area contributed by atoms with Crippen molar-refractivity contribution in [2.75, 3.05) is 12.5 Å². The van der Waals surface area contributed by atoms with Crippen LogP contribution < -0.4 is 15.2 Å². The molecule has 16 heavy (non-hydrogen) atoms. The maximum Gasteiger partial charge on any atom is 0.231 e. The second-order valence-electron chi connectivity index (χ2n) is 3.31. The number of rotatable bonds is 1. The van der Waals surface area contributed by atoms with E-state index < -0.39 is 0 Å². The maximum absolute atomic E-state index is 5.49. The van der Waals surface area contributed by atoms with E-state index in [-0.39, 0.29) is 6.79 Å². The van der Waals surface area contributed by atoms with Crippen molar-refractivity contribution in [2.24, 2.45) is 0 Å². The highest BCUT2D eigenvalue weighted by Crippen LogP contribution is 2.42. The first-order valence-corrected chi connectivity index (χ1v) is 5.35. The van der Waals surface area contributed by atoms with Gasteiger partial charge in [-0.05, 0) is 28.1 Å². The Bertz CT molecular complexity index is 553. The van der Waals surface area contributed by atoms with E-state index in [0.717, 1.165) is 10.0 Å². The number of halogens is 1. The van der Waals surface area contributed by atoms with Crippen LogP contribution in [0.25, 0.3) is 11.3 Å². The molecule has 1 aliphatic heterocycles. The summed E-state index contributed by atoms with van der Waals surface area (Å²) in [5, 5.41) is 3.63. The lowest BCUT2D eigenvalue weighted by Crippen LogP contribution is -1.93. The van der Waals surface area contributed by atoms with E-state index in [0.29, 0.717) is 23.1 Å². The average Bonchev–Trinajstić information content (AvgIpc) is 2.85. The van der Waals surface area contributed by atoms with Gasteiger partial charge in [-0.15, -0.1) is 0 Å². The van der Waals surface area contributed by atoms with Crippen molar-refractivity contribution in [1.29, 1.82) is 0 Å². The lowest BCUT2D eigenvalue weighted by atomic mass is 10.1. The zero-order chi connectivity index (χ0) is 11.1. The summed E-state index contributed by atoms with van der Waals surface area (Å²) in [4.78, 5) is 0. The summed E-state index contributed by atoms with van der Waals surface area (Å²) in [6.07, 6.45) is 0. The minimum Gasteiger partial charge on any atom is -0.454 e. The average molecular weight is 283 g/mol. The molecule has 0 aliphatic carbocycles. The zero-order valence-corrected chi connectivity index (χ0v) is 9.65. The Labute approximate surface area is 99.2 Å². The van der Waals surface area contributed by atoms with E-state index in [4.69, 9.17) is 19.7 Å². The van der Waals surface area contributed by atoms with Gasteiger partial charge in [0, 0.05) is 11.6 Å². The lowest BCUT2D eigenvalue weighted by Gasteiger charge is -2.01. The fourth-order valence-electron chi connectivity index (χ4n) is 1.53. The van der Waals surface area contributed by atoms with Crippen LogP contribution in [0.3, 0.4) is 0 Å². The number of nitrogens with zero attached hydrogens (tertiary/aromatic N) is 1. The molecule has 0 bridgehead atoms. The first-order valence-electron chi connectivity index (χ1n) is 4.56. The monoisotopic (exact) mass is 282 g/mol. The third-order valence-electron chi connectivity index (χ3n) is 2.24. The fraction of sp³-hybridized carbons (Fsp3) is 0.100. The number of ether oxygens (including phenoxy) is 2. The minimum atomic E-state index is 0.232. The molecule has 0 unspecified atom stereocenters. The number of hydrogen-bond donors (Lipinski definition) is 1. The van der Waals surface area contributed by atoms with E-state index in [1.165, 1.54) is 0 Å². The van der Waals surface area contributed by atoms with Gasteiger partial charge in [0.2, 0.25) is 6.79 Å². The van der Waals surface area contributed by atoms with Gasteiger partial charge in [0.1, 0.15) is 0 Å². The van der Waals surface area contributed by atoms with Gasteiger partial charge in [-0.3, -0.25) is 0 Å². The molecular weight excluding hydrogens is 276 g/mol. The predicted molar refractivity (Wildman–Crippen MR) is 60.2 cm³/mol. The van der Waals surface area contributed by atoms with Crippen LogP contribution in [-0.2, 0) is 0 Å². The van der Waals surface area contributed by atoms with Gasteiger partial charge in [0.15, 0.2) is 23.1 Å². The number of aromatic nitrogens is 1. The molecule has 2 heterocycles. The lowest BCUT2D eigenvalue weighted by molar-refractivity contribution is 0.173. The summed E-state index contributed by atoms with van der Waals surface area (Å²) in [6, 6.07) is 5.35. The van der Waals surface area contributed by atoms with Crippen LogP contribution in [0.5, 0.6) is 11.5 Å². The Morgan fingerprint density at radius 3 is 2.88 bits per heavy atom. The number of nitrogen functional groups attached to an aromatic ring is 1. The van der Waals surface area contributed by atoms with Gasteiger partial charge in [0.25, 0.3) is 0 Å². The van der Waals surface area contributed by atoms with Crippen LogP contribution in [0.15, 0.2) is 27.2 Å². The van der Waals surface area contributed by atoms with Gasteiger partial charge >= 0.3 is 0 Å². The van der Waals surface area contributed by atoms with Crippen LogP contribution in [0.4, 0.5) is 5.82 Å². The highest BCUT2D eigenvalue weighted by Gasteiger charge is 2.19. The highest BCUT2D eigenvalue weighted by molar-refractivity contribution is 9.10. The number of hydrogen-bond acceptors (Lipinski definition) is 5. The number of benzene rings is 1. The van der Waals surface area contributed by atoms with Crippen LogP contribution in [-0.4, -0.2) is 11.9 Å². The fourth-order valence-corrected chi connectivity index (χ4v) is 2.09. The first kappa shape index (κ1) is 9.53. The van der Waals surface area contributed by atoms with E-state index in [1.54, 1.807) is 6.07 Å². The molecule has 0 saturated heterocycles. The molecule has 0 spiro atoms. The summed E-state index contributed by atoms with van der Waals surface area (Å²) in [5.74, 6) is 2.33. The maximum atomic E-state index is 5.49. The van der Waals surface area contributed by atoms with Crippen LogP contribution in [0.2, 0.25) is 0 Å². The van der Waals surface area contributed by atoms with Gasteiger partial charge in [-0.25, -0.2) is 0 Å². The Hall–Kier alpha value is -1.69. The molecule has 5 nitrogen and oxygen atoms in total. The zero-order valence-electron chi connectivity index (χ0n) is 8.07. The molecule has 0 radical (unpaired) electrons. The first-order chi connectivity index (χ1) is 7.74. The molecule has 82 valence electrons. The largest absolute Gasteiger partial charge is 0.454 e. The van der Waals surface area contributed by atoms with Crippen molar-refractivity contribution in [3.8, 4) is 22.8 Å². The third-order valence-corrected chi connectivity index (χ3v) is 2.83. The molecule has 6 heteroatoms. The van der Waals surface area contributed by atoms with E-state index >= 15 is 0 Å². The van der Waals surface area contributed by atoms with E-state index in [1.807, 2.05) is 12.1 Å². The molecular formula is C10H7BrN2O3. The molecule has 2 N–H and O–H groups in total. The topological polar surface area (TPSA) is 70.5 Å². The Morgan fingerprint density at radius 2 is 2.12 bits per heavy atom. The molecule has 1 aliphatic rings. The SMILES string of the molecule is Nc1cc(-c2cc(Br)c3c(c2)OCO3)on1. The Morgan fingerprint density at radius 1 is 1.25 bits per heavy atom. The summed E-state index contributed by atoms with van der Waals surface area (Å²) in [6.45, 7) is 0.232. The van der Waals surface area contributed by atoms with Crippen molar-refractivity contribution in [2.45, 2.75) is 0 Å². The summed E-state index contributed by atoms with van der Waals surface area (Å²) < 4.78 is 16.5. The van der Waals surface area contributed by atoms with Gasteiger partial charge in [-0.1, -0.05) is 5.16 Å². The van der Waals surface area contributed by atoms with Crippen molar-refractivity contribution in [3.63, 3.8) is 0 Å². The van der Waals surface area contributed by atoms with Crippen LogP contribution >= 0.6 is 15.9 Å². The minimum absolute atomic E-state index is 0.232.